The molecule has 0 spiro atoms. The summed E-state index contributed by atoms with van der Waals surface area (Å²) in [6.07, 6.45) is 1.13. The SMILES string of the molecule is CCOC(=O)C[C@H]1C[C@H](C(=O)OCC)C1(C)C. The van der Waals surface area contributed by atoms with E-state index in [9.17, 15) is 9.59 Å². The van der Waals surface area contributed by atoms with Crippen LogP contribution in [0.15, 0.2) is 0 Å². The molecule has 1 rings (SSSR count). The van der Waals surface area contributed by atoms with Gasteiger partial charge in [0, 0.05) is 6.42 Å². The molecule has 98 valence electrons. The van der Waals surface area contributed by atoms with E-state index in [1.807, 2.05) is 13.8 Å². The van der Waals surface area contributed by atoms with Crippen LogP contribution in [0, 0.1) is 17.3 Å². The molecule has 0 bridgehead atoms. The second-order valence-electron chi connectivity index (χ2n) is 5.07. The maximum absolute atomic E-state index is 11.7. The monoisotopic (exact) mass is 242 g/mol. The highest BCUT2D eigenvalue weighted by molar-refractivity contribution is 5.76. The second-order valence-corrected chi connectivity index (χ2v) is 5.07. The maximum atomic E-state index is 11.7. The zero-order valence-corrected chi connectivity index (χ0v) is 11.1. The van der Waals surface area contributed by atoms with Crippen LogP contribution in [0.1, 0.15) is 40.5 Å². The van der Waals surface area contributed by atoms with Crippen LogP contribution in [0.3, 0.4) is 0 Å². The standard InChI is InChI=1S/C13H22O4/c1-5-16-11(14)8-9-7-10(13(9,3)4)12(15)17-6-2/h9-10H,5-8H2,1-4H3/t9-,10-/m1/s1. The predicted molar refractivity (Wildman–Crippen MR) is 63.3 cm³/mol. The summed E-state index contributed by atoms with van der Waals surface area (Å²) < 4.78 is 9.96. The molecule has 4 heteroatoms. The molecule has 4 nitrogen and oxygen atoms in total. The fraction of sp³-hybridized carbons (Fsp3) is 0.846. The summed E-state index contributed by atoms with van der Waals surface area (Å²) in [6, 6.07) is 0. The molecule has 0 radical (unpaired) electrons. The molecule has 0 aromatic rings. The van der Waals surface area contributed by atoms with Crippen LogP contribution < -0.4 is 0 Å². The normalized spacial score (nSPS) is 25.9. The average Bonchev–Trinajstić information content (AvgIpc) is 2.24. The summed E-state index contributed by atoms with van der Waals surface area (Å²) in [7, 11) is 0. The van der Waals surface area contributed by atoms with Gasteiger partial charge in [0.25, 0.3) is 0 Å². The first-order valence-corrected chi connectivity index (χ1v) is 6.25. The molecule has 1 aliphatic rings. The van der Waals surface area contributed by atoms with Crippen molar-refractivity contribution in [2.45, 2.75) is 40.5 Å². The van der Waals surface area contributed by atoms with Crippen molar-refractivity contribution in [3.8, 4) is 0 Å². The Balaban J connectivity index is 2.49. The van der Waals surface area contributed by atoms with Crippen molar-refractivity contribution in [1.29, 1.82) is 0 Å². The van der Waals surface area contributed by atoms with Gasteiger partial charge in [0.15, 0.2) is 0 Å². The van der Waals surface area contributed by atoms with Crippen LogP contribution in [-0.2, 0) is 19.1 Å². The third kappa shape index (κ3) is 2.99. The zero-order valence-electron chi connectivity index (χ0n) is 11.1. The number of hydrogen-bond donors (Lipinski definition) is 0. The molecule has 0 N–H and O–H groups in total. The van der Waals surface area contributed by atoms with Crippen molar-refractivity contribution >= 4 is 11.9 Å². The lowest BCUT2D eigenvalue weighted by Gasteiger charge is -2.50. The third-order valence-electron chi connectivity index (χ3n) is 3.76. The van der Waals surface area contributed by atoms with Crippen molar-refractivity contribution in [2.75, 3.05) is 13.2 Å². The zero-order chi connectivity index (χ0) is 13.1. The van der Waals surface area contributed by atoms with E-state index in [0.717, 1.165) is 6.42 Å². The maximum Gasteiger partial charge on any atom is 0.309 e. The molecule has 0 aromatic heterocycles. The lowest BCUT2D eigenvalue weighted by Crippen LogP contribution is -2.50. The molecule has 0 saturated heterocycles. The van der Waals surface area contributed by atoms with Crippen LogP contribution in [-0.4, -0.2) is 25.2 Å². The summed E-state index contributed by atoms with van der Waals surface area (Å²) in [5.74, 6) is -0.177. The Morgan fingerprint density at radius 2 is 1.76 bits per heavy atom. The van der Waals surface area contributed by atoms with E-state index in [1.165, 1.54) is 0 Å². The van der Waals surface area contributed by atoms with Gasteiger partial charge in [-0.2, -0.15) is 0 Å². The van der Waals surface area contributed by atoms with E-state index in [-0.39, 0.29) is 29.2 Å². The smallest absolute Gasteiger partial charge is 0.309 e. The predicted octanol–water partition coefficient (Wildman–Crippen LogP) is 2.17. The largest absolute Gasteiger partial charge is 0.466 e. The van der Waals surface area contributed by atoms with E-state index in [2.05, 4.69) is 0 Å². The molecule has 0 aromatic carbocycles. The lowest BCUT2D eigenvalue weighted by molar-refractivity contribution is -0.169. The Hall–Kier alpha value is -1.06. The van der Waals surface area contributed by atoms with E-state index < -0.39 is 0 Å². The summed E-state index contributed by atoms with van der Waals surface area (Å²) in [6.45, 7) is 8.45. The highest BCUT2D eigenvalue weighted by atomic mass is 16.5. The fourth-order valence-corrected chi connectivity index (χ4v) is 2.43. The fourth-order valence-electron chi connectivity index (χ4n) is 2.43. The Bertz CT molecular complexity index is 296. The van der Waals surface area contributed by atoms with Gasteiger partial charge in [-0.3, -0.25) is 9.59 Å². The van der Waals surface area contributed by atoms with Gasteiger partial charge in [-0.25, -0.2) is 0 Å². The topological polar surface area (TPSA) is 52.6 Å². The number of carbonyl (C=O) groups excluding carboxylic acids is 2. The van der Waals surface area contributed by atoms with Crippen molar-refractivity contribution in [3.63, 3.8) is 0 Å². The molecule has 1 fully saturated rings. The van der Waals surface area contributed by atoms with Gasteiger partial charge >= 0.3 is 11.9 Å². The minimum absolute atomic E-state index is 0.0816. The Labute approximate surface area is 103 Å². The number of esters is 2. The van der Waals surface area contributed by atoms with Gasteiger partial charge in [-0.15, -0.1) is 0 Å². The van der Waals surface area contributed by atoms with E-state index in [4.69, 9.17) is 9.47 Å². The van der Waals surface area contributed by atoms with Gasteiger partial charge in [-0.1, -0.05) is 13.8 Å². The quantitative estimate of drug-likeness (QED) is 0.693. The minimum atomic E-state index is -0.173. The molecule has 2 atom stereocenters. The van der Waals surface area contributed by atoms with Gasteiger partial charge in [-0.05, 0) is 31.6 Å². The Morgan fingerprint density at radius 1 is 1.18 bits per heavy atom. The second kappa shape index (κ2) is 5.52. The molecular formula is C13H22O4. The van der Waals surface area contributed by atoms with Crippen molar-refractivity contribution in [3.05, 3.63) is 0 Å². The summed E-state index contributed by atoms with van der Waals surface area (Å²) in [5, 5.41) is 0. The third-order valence-corrected chi connectivity index (χ3v) is 3.76. The number of carbonyl (C=O) groups is 2. The molecule has 17 heavy (non-hydrogen) atoms. The van der Waals surface area contributed by atoms with Crippen molar-refractivity contribution < 1.29 is 19.1 Å². The van der Waals surface area contributed by atoms with E-state index in [0.29, 0.717) is 19.6 Å². The van der Waals surface area contributed by atoms with Crippen LogP contribution >= 0.6 is 0 Å². The molecule has 0 unspecified atom stereocenters. The van der Waals surface area contributed by atoms with E-state index >= 15 is 0 Å². The molecule has 0 aliphatic heterocycles. The Morgan fingerprint density at radius 3 is 2.24 bits per heavy atom. The first-order chi connectivity index (χ1) is 7.93. The van der Waals surface area contributed by atoms with Gasteiger partial charge in [0.1, 0.15) is 0 Å². The minimum Gasteiger partial charge on any atom is -0.466 e. The summed E-state index contributed by atoms with van der Waals surface area (Å²) in [4.78, 5) is 23.1. The molecule has 0 amide bonds. The van der Waals surface area contributed by atoms with Crippen molar-refractivity contribution in [1.82, 2.24) is 0 Å². The first-order valence-electron chi connectivity index (χ1n) is 6.25. The highest BCUT2D eigenvalue weighted by Gasteiger charge is 2.52. The first kappa shape index (κ1) is 14.0. The molecule has 0 heterocycles. The number of hydrogen-bond acceptors (Lipinski definition) is 4. The Kier molecular flexibility index (Phi) is 4.54. The lowest BCUT2D eigenvalue weighted by atomic mass is 9.54. The van der Waals surface area contributed by atoms with Gasteiger partial charge in [0.2, 0.25) is 0 Å². The summed E-state index contributed by atoms with van der Waals surface area (Å²) in [5.41, 5.74) is -0.168. The highest BCUT2D eigenvalue weighted by Crippen LogP contribution is 2.53. The molecule has 1 saturated carbocycles. The van der Waals surface area contributed by atoms with E-state index in [1.54, 1.807) is 13.8 Å². The molecule has 1 aliphatic carbocycles. The van der Waals surface area contributed by atoms with Crippen LogP contribution in [0.25, 0.3) is 0 Å². The van der Waals surface area contributed by atoms with Gasteiger partial charge < -0.3 is 9.47 Å². The van der Waals surface area contributed by atoms with Gasteiger partial charge in [0.05, 0.1) is 19.1 Å². The number of ether oxygens (including phenoxy) is 2. The summed E-state index contributed by atoms with van der Waals surface area (Å²) >= 11 is 0. The van der Waals surface area contributed by atoms with Crippen molar-refractivity contribution in [2.24, 2.45) is 17.3 Å². The van der Waals surface area contributed by atoms with Crippen LogP contribution in [0.2, 0.25) is 0 Å². The van der Waals surface area contributed by atoms with Crippen LogP contribution in [0.5, 0.6) is 0 Å². The molecular weight excluding hydrogens is 220 g/mol. The van der Waals surface area contributed by atoms with Crippen LogP contribution in [0.4, 0.5) is 0 Å². The number of rotatable bonds is 5. The average molecular weight is 242 g/mol.